The molecule has 2 N–H and O–H groups in total. The first-order chi connectivity index (χ1) is 8.40. The van der Waals surface area contributed by atoms with Crippen molar-refractivity contribution >= 4 is 21.4 Å². The first kappa shape index (κ1) is 15.4. The van der Waals surface area contributed by atoms with Crippen LogP contribution in [0.3, 0.4) is 0 Å². The third-order valence-corrected chi connectivity index (χ3v) is 4.29. The average molecular weight is 292 g/mol. The average Bonchev–Trinajstić information content (AvgIpc) is 2.30. The SMILES string of the molecule is CCC(CO)NCc1c(Cl)cccc1S(C)(=O)=O. The van der Waals surface area contributed by atoms with E-state index in [-0.39, 0.29) is 17.5 Å². The summed E-state index contributed by atoms with van der Waals surface area (Å²) < 4.78 is 23.3. The van der Waals surface area contributed by atoms with Gasteiger partial charge in [-0.2, -0.15) is 0 Å². The van der Waals surface area contributed by atoms with Crippen molar-refractivity contribution in [1.29, 1.82) is 0 Å². The van der Waals surface area contributed by atoms with E-state index in [2.05, 4.69) is 5.32 Å². The van der Waals surface area contributed by atoms with Gasteiger partial charge in [-0.05, 0) is 18.6 Å². The Morgan fingerprint density at radius 2 is 2.11 bits per heavy atom. The molecule has 102 valence electrons. The molecular weight excluding hydrogens is 274 g/mol. The van der Waals surface area contributed by atoms with Gasteiger partial charge in [0.2, 0.25) is 0 Å². The van der Waals surface area contributed by atoms with Gasteiger partial charge in [-0.3, -0.25) is 0 Å². The molecule has 0 aliphatic rings. The number of aliphatic hydroxyl groups excluding tert-OH is 1. The number of sulfone groups is 1. The largest absolute Gasteiger partial charge is 0.395 e. The molecule has 0 bridgehead atoms. The second-order valence-electron chi connectivity index (χ2n) is 4.16. The summed E-state index contributed by atoms with van der Waals surface area (Å²) >= 11 is 6.04. The highest BCUT2D eigenvalue weighted by Crippen LogP contribution is 2.24. The van der Waals surface area contributed by atoms with Gasteiger partial charge in [0.05, 0.1) is 11.5 Å². The van der Waals surface area contributed by atoms with Crippen molar-refractivity contribution < 1.29 is 13.5 Å². The van der Waals surface area contributed by atoms with Crippen molar-refractivity contribution in [2.24, 2.45) is 0 Å². The van der Waals surface area contributed by atoms with Gasteiger partial charge in [0.25, 0.3) is 0 Å². The van der Waals surface area contributed by atoms with E-state index >= 15 is 0 Å². The fourth-order valence-electron chi connectivity index (χ4n) is 1.64. The minimum atomic E-state index is -3.30. The van der Waals surface area contributed by atoms with Crippen molar-refractivity contribution in [1.82, 2.24) is 5.32 Å². The Morgan fingerprint density at radius 1 is 1.44 bits per heavy atom. The lowest BCUT2D eigenvalue weighted by molar-refractivity contribution is 0.238. The number of halogens is 1. The minimum absolute atomic E-state index is 0.00909. The molecule has 0 heterocycles. The predicted octanol–water partition coefficient (Wildman–Crippen LogP) is 1.60. The van der Waals surface area contributed by atoms with Gasteiger partial charge in [-0.25, -0.2) is 8.42 Å². The molecule has 0 saturated heterocycles. The zero-order valence-corrected chi connectivity index (χ0v) is 12.1. The van der Waals surface area contributed by atoms with E-state index in [4.69, 9.17) is 16.7 Å². The van der Waals surface area contributed by atoms with Crippen molar-refractivity contribution in [3.8, 4) is 0 Å². The van der Waals surface area contributed by atoms with Gasteiger partial charge in [-0.1, -0.05) is 24.6 Å². The molecule has 0 aliphatic carbocycles. The van der Waals surface area contributed by atoms with Crippen LogP contribution in [0.25, 0.3) is 0 Å². The molecule has 0 aliphatic heterocycles. The van der Waals surface area contributed by atoms with E-state index in [0.29, 0.717) is 17.1 Å². The van der Waals surface area contributed by atoms with Gasteiger partial charge >= 0.3 is 0 Å². The minimum Gasteiger partial charge on any atom is -0.395 e. The number of rotatable bonds is 6. The second kappa shape index (κ2) is 6.52. The van der Waals surface area contributed by atoms with Gasteiger partial charge in [0, 0.05) is 29.4 Å². The Labute approximate surface area is 113 Å². The highest BCUT2D eigenvalue weighted by Gasteiger charge is 2.16. The standard InChI is InChI=1S/C12H18ClNO3S/c1-3-9(8-15)14-7-10-11(13)5-4-6-12(10)18(2,16)17/h4-6,9,14-15H,3,7-8H2,1-2H3. The van der Waals surface area contributed by atoms with E-state index in [1.807, 2.05) is 6.92 Å². The molecule has 1 unspecified atom stereocenters. The highest BCUT2D eigenvalue weighted by atomic mass is 35.5. The van der Waals surface area contributed by atoms with Crippen molar-refractivity contribution in [3.05, 3.63) is 28.8 Å². The fraction of sp³-hybridized carbons (Fsp3) is 0.500. The molecule has 0 saturated carbocycles. The van der Waals surface area contributed by atoms with Crippen molar-refractivity contribution in [2.45, 2.75) is 30.8 Å². The summed E-state index contributed by atoms with van der Waals surface area (Å²) in [5.74, 6) is 0. The quantitative estimate of drug-likeness (QED) is 0.835. The zero-order chi connectivity index (χ0) is 13.8. The van der Waals surface area contributed by atoms with Crippen LogP contribution in [0.15, 0.2) is 23.1 Å². The summed E-state index contributed by atoms with van der Waals surface area (Å²) in [5.41, 5.74) is 0.550. The summed E-state index contributed by atoms with van der Waals surface area (Å²) in [6.45, 7) is 2.27. The van der Waals surface area contributed by atoms with Crippen LogP contribution in [0.2, 0.25) is 5.02 Å². The molecule has 1 aromatic carbocycles. The zero-order valence-electron chi connectivity index (χ0n) is 10.5. The van der Waals surface area contributed by atoms with E-state index in [1.54, 1.807) is 12.1 Å². The topological polar surface area (TPSA) is 66.4 Å². The molecule has 0 aromatic heterocycles. The maximum absolute atomic E-state index is 11.7. The van der Waals surface area contributed by atoms with Gasteiger partial charge in [0.15, 0.2) is 9.84 Å². The molecule has 0 amide bonds. The van der Waals surface area contributed by atoms with Gasteiger partial charge in [-0.15, -0.1) is 0 Å². The van der Waals surface area contributed by atoms with E-state index < -0.39 is 9.84 Å². The lowest BCUT2D eigenvalue weighted by Gasteiger charge is -2.16. The Kier molecular flexibility index (Phi) is 5.59. The fourth-order valence-corrected chi connectivity index (χ4v) is 2.90. The molecular formula is C12H18ClNO3S. The smallest absolute Gasteiger partial charge is 0.175 e. The van der Waals surface area contributed by atoms with Crippen LogP contribution >= 0.6 is 11.6 Å². The van der Waals surface area contributed by atoms with E-state index in [0.717, 1.165) is 12.7 Å². The number of hydrogen-bond acceptors (Lipinski definition) is 4. The summed E-state index contributed by atoms with van der Waals surface area (Å²) in [4.78, 5) is 0.232. The lowest BCUT2D eigenvalue weighted by Crippen LogP contribution is -2.31. The van der Waals surface area contributed by atoms with Crippen molar-refractivity contribution in [2.75, 3.05) is 12.9 Å². The maximum Gasteiger partial charge on any atom is 0.175 e. The summed E-state index contributed by atoms with van der Waals surface area (Å²) in [6, 6.07) is 4.75. The molecule has 4 nitrogen and oxygen atoms in total. The molecule has 6 heteroatoms. The first-order valence-corrected chi connectivity index (χ1v) is 7.98. The summed E-state index contributed by atoms with van der Waals surface area (Å²) in [6.07, 6.45) is 1.92. The molecule has 0 radical (unpaired) electrons. The van der Waals surface area contributed by atoms with Gasteiger partial charge < -0.3 is 10.4 Å². The van der Waals surface area contributed by atoms with Crippen LogP contribution in [0.4, 0.5) is 0 Å². The Bertz CT molecular complexity index is 498. The predicted molar refractivity (Wildman–Crippen MR) is 72.6 cm³/mol. The van der Waals surface area contributed by atoms with E-state index in [9.17, 15) is 8.42 Å². The first-order valence-electron chi connectivity index (χ1n) is 5.71. The van der Waals surface area contributed by atoms with Crippen LogP contribution in [-0.2, 0) is 16.4 Å². The Hall–Kier alpha value is -0.620. The van der Waals surface area contributed by atoms with Crippen LogP contribution in [0.5, 0.6) is 0 Å². The monoisotopic (exact) mass is 291 g/mol. The normalized spacial score (nSPS) is 13.6. The van der Waals surface area contributed by atoms with Crippen LogP contribution in [-0.4, -0.2) is 32.4 Å². The number of aliphatic hydroxyl groups is 1. The van der Waals surface area contributed by atoms with E-state index in [1.165, 1.54) is 6.07 Å². The summed E-state index contributed by atoms with van der Waals surface area (Å²) in [5, 5.41) is 12.6. The molecule has 0 spiro atoms. The van der Waals surface area contributed by atoms with Crippen molar-refractivity contribution in [3.63, 3.8) is 0 Å². The number of benzene rings is 1. The second-order valence-corrected chi connectivity index (χ2v) is 6.55. The van der Waals surface area contributed by atoms with Crippen LogP contribution in [0.1, 0.15) is 18.9 Å². The third-order valence-electron chi connectivity index (χ3n) is 2.76. The highest BCUT2D eigenvalue weighted by molar-refractivity contribution is 7.90. The molecule has 18 heavy (non-hydrogen) atoms. The molecule has 1 rings (SSSR count). The number of hydrogen-bond donors (Lipinski definition) is 2. The Morgan fingerprint density at radius 3 is 2.61 bits per heavy atom. The molecule has 1 atom stereocenters. The lowest BCUT2D eigenvalue weighted by atomic mass is 10.2. The number of nitrogens with one attached hydrogen (secondary N) is 1. The van der Waals surface area contributed by atoms with Crippen LogP contribution in [0, 0.1) is 0 Å². The Balaban J connectivity index is 3.01. The third kappa shape index (κ3) is 3.95. The molecule has 1 aromatic rings. The maximum atomic E-state index is 11.7. The van der Waals surface area contributed by atoms with Gasteiger partial charge in [0.1, 0.15) is 0 Å². The summed E-state index contributed by atoms with van der Waals surface area (Å²) in [7, 11) is -3.30. The van der Waals surface area contributed by atoms with Crippen LogP contribution < -0.4 is 5.32 Å². The molecule has 0 fully saturated rings.